The molecular formula is C18H22FN3O2S. The fourth-order valence-electron chi connectivity index (χ4n) is 3.25. The molecule has 134 valence electrons. The predicted molar refractivity (Wildman–Crippen MR) is 99.4 cm³/mol. The van der Waals surface area contributed by atoms with E-state index in [1.165, 1.54) is 12.1 Å². The number of aromatic nitrogens is 1. The molecule has 7 heteroatoms. The lowest BCUT2D eigenvalue weighted by Crippen LogP contribution is -2.46. The number of hydrogen-bond donors (Lipinski definition) is 2. The minimum Gasteiger partial charge on any atom is -0.334 e. The fourth-order valence-corrected chi connectivity index (χ4v) is 4.00. The van der Waals surface area contributed by atoms with Gasteiger partial charge in [0.2, 0.25) is 0 Å². The molecule has 0 unspecified atom stereocenters. The topological polar surface area (TPSA) is 65.2 Å². The number of hydrogen-bond acceptors (Lipinski definition) is 3. The highest BCUT2D eigenvalue weighted by Gasteiger charge is 2.23. The summed E-state index contributed by atoms with van der Waals surface area (Å²) in [5, 5.41) is 3.57. The van der Waals surface area contributed by atoms with Crippen LogP contribution in [-0.4, -0.2) is 41.0 Å². The van der Waals surface area contributed by atoms with Crippen molar-refractivity contribution in [2.24, 2.45) is 5.92 Å². The summed E-state index contributed by atoms with van der Waals surface area (Å²) in [5.41, 5.74) is 0.610. The molecule has 0 saturated carbocycles. The summed E-state index contributed by atoms with van der Waals surface area (Å²) in [6.45, 7) is 1.68. The second-order valence-corrected chi connectivity index (χ2v) is 7.33. The second kappa shape index (κ2) is 7.91. The van der Waals surface area contributed by atoms with Crippen molar-refractivity contribution >= 4 is 28.7 Å². The molecule has 1 aromatic heterocycles. The van der Waals surface area contributed by atoms with Gasteiger partial charge in [-0.1, -0.05) is 0 Å². The van der Waals surface area contributed by atoms with E-state index in [9.17, 15) is 14.0 Å². The number of rotatable bonds is 4. The van der Waals surface area contributed by atoms with Gasteiger partial charge in [-0.25, -0.2) is 9.18 Å². The van der Waals surface area contributed by atoms with E-state index in [-0.39, 0.29) is 18.1 Å². The van der Waals surface area contributed by atoms with Gasteiger partial charge < -0.3 is 15.2 Å². The van der Waals surface area contributed by atoms with E-state index in [0.29, 0.717) is 17.0 Å². The molecule has 1 aliphatic rings. The Bertz CT molecular complexity index is 822. The Kier molecular flexibility index (Phi) is 5.63. The van der Waals surface area contributed by atoms with Crippen LogP contribution in [0.2, 0.25) is 0 Å². The van der Waals surface area contributed by atoms with Crippen LogP contribution in [0.25, 0.3) is 10.9 Å². The zero-order valence-electron chi connectivity index (χ0n) is 14.2. The molecule has 2 amide bonds. The van der Waals surface area contributed by atoms with E-state index in [2.05, 4.69) is 16.6 Å². The van der Waals surface area contributed by atoms with Crippen LogP contribution in [0.3, 0.4) is 0 Å². The van der Waals surface area contributed by atoms with Crippen LogP contribution < -0.4 is 10.9 Å². The summed E-state index contributed by atoms with van der Waals surface area (Å²) >= 11 is 1.81. The first-order chi connectivity index (χ1) is 12.1. The van der Waals surface area contributed by atoms with Crippen molar-refractivity contribution in [1.29, 1.82) is 0 Å². The van der Waals surface area contributed by atoms with E-state index < -0.39 is 5.82 Å². The molecule has 1 fully saturated rings. The maximum Gasteiger partial charge on any atom is 0.317 e. The molecule has 2 N–H and O–H groups in total. The molecule has 0 aliphatic carbocycles. The lowest BCUT2D eigenvalue weighted by atomic mass is 10.0. The molecule has 0 bridgehead atoms. The third-order valence-corrected chi connectivity index (χ3v) is 5.33. The number of fused-ring (bicyclic) bond motifs is 1. The van der Waals surface area contributed by atoms with Crippen molar-refractivity contribution < 1.29 is 9.18 Å². The third kappa shape index (κ3) is 4.34. The number of piperidine rings is 1. The summed E-state index contributed by atoms with van der Waals surface area (Å²) in [4.78, 5) is 29.0. The molecule has 25 heavy (non-hydrogen) atoms. The third-order valence-electron chi connectivity index (χ3n) is 4.52. The number of carbonyl (C=O) groups excluding carboxylic acids is 1. The number of nitrogens with one attached hydrogen (secondary N) is 2. The van der Waals surface area contributed by atoms with Gasteiger partial charge in [0, 0.05) is 25.2 Å². The van der Waals surface area contributed by atoms with Gasteiger partial charge in [-0.05, 0) is 60.4 Å². The van der Waals surface area contributed by atoms with Crippen LogP contribution in [0.5, 0.6) is 0 Å². The van der Waals surface area contributed by atoms with Crippen LogP contribution in [0.4, 0.5) is 9.18 Å². The van der Waals surface area contributed by atoms with Crippen molar-refractivity contribution in [2.45, 2.75) is 19.4 Å². The van der Waals surface area contributed by atoms with Gasteiger partial charge in [0.15, 0.2) is 0 Å². The minimum atomic E-state index is -0.394. The Labute approximate surface area is 150 Å². The van der Waals surface area contributed by atoms with Gasteiger partial charge in [0.1, 0.15) is 5.82 Å². The number of aromatic amines is 1. The fraction of sp³-hybridized carbons (Fsp3) is 0.444. The van der Waals surface area contributed by atoms with Gasteiger partial charge in [-0.15, -0.1) is 0 Å². The van der Waals surface area contributed by atoms with E-state index >= 15 is 0 Å². The molecule has 5 nitrogen and oxygen atoms in total. The molecule has 1 aliphatic heterocycles. The van der Waals surface area contributed by atoms with Crippen molar-refractivity contribution in [1.82, 2.24) is 15.2 Å². The number of amides is 2. The molecule has 0 radical (unpaired) electrons. The highest BCUT2D eigenvalue weighted by molar-refractivity contribution is 7.98. The Morgan fingerprint density at radius 1 is 1.44 bits per heavy atom. The smallest absolute Gasteiger partial charge is 0.317 e. The van der Waals surface area contributed by atoms with Crippen LogP contribution in [0, 0.1) is 11.7 Å². The Morgan fingerprint density at radius 3 is 3.08 bits per heavy atom. The number of halogens is 1. The van der Waals surface area contributed by atoms with Gasteiger partial charge in [0.05, 0.1) is 5.52 Å². The maximum atomic E-state index is 13.2. The van der Waals surface area contributed by atoms with Crippen LogP contribution in [0.1, 0.15) is 18.4 Å². The summed E-state index contributed by atoms with van der Waals surface area (Å²) in [7, 11) is 0. The number of H-pyrrole nitrogens is 1. The number of nitrogens with zero attached hydrogens (tertiary/aromatic N) is 1. The van der Waals surface area contributed by atoms with Crippen molar-refractivity contribution in [3.05, 3.63) is 46.0 Å². The summed E-state index contributed by atoms with van der Waals surface area (Å²) in [6, 6.07) is 5.82. The van der Waals surface area contributed by atoms with Gasteiger partial charge in [0.25, 0.3) is 5.56 Å². The Hall–Kier alpha value is -2.02. The lowest BCUT2D eigenvalue weighted by molar-refractivity contribution is 0.170. The summed E-state index contributed by atoms with van der Waals surface area (Å²) in [5.74, 6) is 1.20. The van der Waals surface area contributed by atoms with Crippen LogP contribution in [0.15, 0.2) is 29.1 Å². The lowest BCUT2D eigenvalue weighted by Gasteiger charge is -2.32. The highest BCUT2D eigenvalue weighted by Crippen LogP contribution is 2.19. The first-order valence-electron chi connectivity index (χ1n) is 8.40. The Morgan fingerprint density at radius 2 is 2.28 bits per heavy atom. The average molecular weight is 363 g/mol. The molecule has 1 saturated heterocycles. The zero-order valence-corrected chi connectivity index (χ0v) is 15.0. The predicted octanol–water partition coefficient (Wildman–Crippen LogP) is 2.95. The standard InChI is InChI=1S/C18H22FN3O2S/c1-25-11-12-3-2-6-22(10-12)18(24)20-9-14-7-13-4-5-15(19)8-16(13)21-17(14)23/h4-5,7-8,12H,2-3,6,9-11H2,1H3,(H,20,24)(H,21,23)/t12-/m0/s1. The maximum absolute atomic E-state index is 13.2. The van der Waals surface area contributed by atoms with E-state index in [0.717, 1.165) is 37.1 Å². The number of likely N-dealkylation sites (tertiary alicyclic amines) is 1. The van der Waals surface area contributed by atoms with Crippen molar-refractivity contribution in [3.8, 4) is 0 Å². The number of urea groups is 1. The zero-order chi connectivity index (χ0) is 17.8. The van der Waals surface area contributed by atoms with Gasteiger partial charge in [-0.3, -0.25) is 4.79 Å². The van der Waals surface area contributed by atoms with E-state index in [1.54, 1.807) is 23.9 Å². The molecule has 0 spiro atoms. The number of benzene rings is 1. The minimum absolute atomic E-state index is 0.135. The number of pyridine rings is 1. The molecule has 1 aromatic carbocycles. The number of thioether (sulfide) groups is 1. The SMILES string of the molecule is CSC[C@H]1CCCN(C(=O)NCc2cc3ccc(F)cc3[nH]c2=O)C1. The second-order valence-electron chi connectivity index (χ2n) is 6.42. The average Bonchev–Trinajstić information content (AvgIpc) is 2.60. The normalized spacial score (nSPS) is 17.7. The van der Waals surface area contributed by atoms with E-state index in [4.69, 9.17) is 0 Å². The quantitative estimate of drug-likeness (QED) is 0.878. The summed E-state index contributed by atoms with van der Waals surface area (Å²) < 4.78 is 13.2. The monoisotopic (exact) mass is 363 g/mol. The van der Waals surface area contributed by atoms with Gasteiger partial charge in [-0.2, -0.15) is 11.8 Å². The highest BCUT2D eigenvalue weighted by atomic mass is 32.2. The Balaban J connectivity index is 1.65. The molecule has 2 aromatic rings. The van der Waals surface area contributed by atoms with Crippen molar-refractivity contribution in [3.63, 3.8) is 0 Å². The molecule has 3 rings (SSSR count). The largest absolute Gasteiger partial charge is 0.334 e. The van der Waals surface area contributed by atoms with Crippen LogP contribution in [-0.2, 0) is 6.54 Å². The first kappa shape index (κ1) is 17.8. The van der Waals surface area contributed by atoms with Crippen LogP contribution >= 0.6 is 11.8 Å². The van der Waals surface area contributed by atoms with Crippen molar-refractivity contribution in [2.75, 3.05) is 25.1 Å². The number of carbonyl (C=O) groups is 1. The molecular weight excluding hydrogens is 341 g/mol. The summed E-state index contributed by atoms with van der Waals surface area (Å²) in [6.07, 6.45) is 4.25. The van der Waals surface area contributed by atoms with E-state index in [1.807, 2.05) is 4.90 Å². The molecule has 2 heterocycles. The first-order valence-corrected chi connectivity index (χ1v) is 9.79. The van der Waals surface area contributed by atoms with Gasteiger partial charge >= 0.3 is 6.03 Å². The molecule has 1 atom stereocenters.